The second kappa shape index (κ2) is 12.7. The predicted octanol–water partition coefficient (Wildman–Crippen LogP) is 2.38. The number of carbonyl (C=O) groups excluding carboxylic acids is 3. The molecule has 0 aromatic carbocycles. The summed E-state index contributed by atoms with van der Waals surface area (Å²) in [6.45, 7) is 8.08. The second-order valence-corrected chi connectivity index (χ2v) is 6.53. The van der Waals surface area contributed by atoms with E-state index >= 15 is 0 Å². The zero-order valence-electron chi connectivity index (χ0n) is 15.8. The molecule has 7 heteroatoms. The lowest BCUT2D eigenvalue weighted by molar-refractivity contribution is -0.178. The molecule has 146 valence electrons. The molecular weight excluding hydrogens is 328 g/mol. The van der Waals surface area contributed by atoms with Gasteiger partial charge >= 0.3 is 17.9 Å². The summed E-state index contributed by atoms with van der Waals surface area (Å²) >= 11 is 0. The lowest BCUT2D eigenvalue weighted by atomic mass is 9.95. The topological polar surface area (TPSA) is 99.1 Å². The molecule has 1 atom stereocenters. The molecular formula is C18H32O7. The van der Waals surface area contributed by atoms with Crippen molar-refractivity contribution in [3.05, 3.63) is 0 Å². The number of unbranched alkanes of at least 4 members (excludes halogenated alkanes) is 2. The van der Waals surface area contributed by atoms with Crippen LogP contribution in [0.1, 0.15) is 66.2 Å². The number of carbonyl (C=O) groups is 3. The van der Waals surface area contributed by atoms with Gasteiger partial charge in [0, 0.05) is 0 Å². The predicted molar refractivity (Wildman–Crippen MR) is 91.7 cm³/mol. The molecule has 0 heterocycles. The second-order valence-electron chi connectivity index (χ2n) is 6.53. The normalized spacial score (nSPS) is 13.2. The number of ether oxygens (including phenoxy) is 3. The highest BCUT2D eigenvalue weighted by molar-refractivity contribution is 5.90. The van der Waals surface area contributed by atoms with Gasteiger partial charge in [0.15, 0.2) is 5.60 Å². The highest BCUT2D eigenvalue weighted by Crippen LogP contribution is 2.20. The summed E-state index contributed by atoms with van der Waals surface area (Å²) in [5, 5.41) is 10.6. The fourth-order valence-corrected chi connectivity index (χ4v) is 1.82. The molecule has 0 aliphatic heterocycles. The Balaban J connectivity index is 4.86. The lowest BCUT2D eigenvalue weighted by Crippen LogP contribution is -2.45. The van der Waals surface area contributed by atoms with Crippen molar-refractivity contribution >= 4 is 17.9 Å². The van der Waals surface area contributed by atoms with Crippen LogP contribution in [0.2, 0.25) is 0 Å². The van der Waals surface area contributed by atoms with E-state index in [0.29, 0.717) is 12.8 Å². The van der Waals surface area contributed by atoms with Gasteiger partial charge in [-0.15, -0.1) is 0 Å². The van der Waals surface area contributed by atoms with Crippen LogP contribution in [0.4, 0.5) is 0 Å². The van der Waals surface area contributed by atoms with Crippen LogP contribution in [-0.2, 0) is 28.6 Å². The third-order valence-electron chi connectivity index (χ3n) is 3.32. The van der Waals surface area contributed by atoms with Crippen molar-refractivity contribution in [1.29, 1.82) is 0 Å². The summed E-state index contributed by atoms with van der Waals surface area (Å²) in [4.78, 5) is 36.0. The van der Waals surface area contributed by atoms with Crippen LogP contribution in [0.5, 0.6) is 0 Å². The molecule has 0 saturated heterocycles. The Morgan fingerprint density at radius 2 is 1.36 bits per heavy atom. The summed E-state index contributed by atoms with van der Waals surface area (Å²) in [6, 6.07) is 0. The fraction of sp³-hybridized carbons (Fsp3) is 0.833. The zero-order chi connectivity index (χ0) is 19.3. The highest BCUT2D eigenvalue weighted by atomic mass is 16.6. The van der Waals surface area contributed by atoms with E-state index in [9.17, 15) is 19.5 Å². The fourth-order valence-electron chi connectivity index (χ4n) is 1.82. The monoisotopic (exact) mass is 360 g/mol. The van der Waals surface area contributed by atoms with E-state index in [-0.39, 0.29) is 25.7 Å². The first kappa shape index (κ1) is 23.4. The van der Waals surface area contributed by atoms with E-state index in [1.165, 1.54) is 0 Å². The van der Waals surface area contributed by atoms with Gasteiger partial charge in [0.05, 0.1) is 32.7 Å². The SMILES string of the molecule is CCCCOC(=O)CC(O)(CC(=O)OCC(C)C)C(=O)OCCCC. The van der Waals surface area contributed by atoms with Gasteiger partial charge in [-0.2, -0.15) is 0 Å². The first-order valence-corrected chi connectivity index (χ1v) is 8.96. The molecule has 1 unspecified atom stereocenters. The van der Waals surface area contributed by atoms with Gasteiger partial charge < -0.3 is 19.3 Å². The molecule has 0 fully saturated rings. The van der Waals surface area contributed by atoms with Crippen LogP contribution in [0.3, 0.4) is 0 Å². The third kappa shape index (κ3) is 10.8. The minimum atomic E-state index is -2.27. The molecule has 0 aliphatic rings. The molecule has 0 saturated carbocycles. The molecule has 0 amide bonds. The van der Waals surface area contributed by atoms with Gasteiger partial charge in [0.2, 0.25) is 0 Å². The van der Waals surface area contributed by atoms with Gasteiger partial charge in [-0.05, 0) is 18.8 Å². The molecule has 25 heavy (non-hydrogen) atoms. The van der Waals surface area contributed by atoms with Crippen LogP contribution >= 0.6 is 0 Å². The first-order chi connectivity index (χ1) is 11.7. The Morgan fingerprint density at radius 3 is 1.84 bits per heavy atom. The molecule has 0 spiro atoms. The van der Waals surface area contributed by atoms with Crippen LogP contribution < -0.4 is 0 Å². The molecule has 7 nitrogen and oxygen atoms in total. The number of rotatable bonds is 13. The van der Waals surface area contributed by atoms with Crippen LogP contribution in [0.25, 0.3) is 0 Å². The molecule has 0 aromatic heterocycles. The van der Waals surface area contributed by atoms with E-state index in [0.717, 1.165) is 12.8 Å². The number of esters is 3. The maximum Gasteiger partial charge on any atom is 0.339 e. The van der Waals surface area contributed by atoms with Crippen molar-refractivity contribution in [3.8, 4) is 0 Å². The van der Waals surface area contributed by atoms with Crippen molar-refractivity contribution < 1.29 is 33.7 Å². The Morgan fingerprint density at radius 1 is 0.880 bits per heavy atom. The molecule has 1 N–H and O–H groups in total. The zero-order valence-corrected chi connectivity index (χ0v) is 15.8. The Hall–Kier alpha value is -1.63. The molecule has 0 aromatic rings. The highest BCUT2D eigenvalue weighted by Gasteiger charge is 2.43. The summed E-state index contributed by atoms with van der Waals surface area (Å²) in [6.07, 6.45) is 1.67. The smallest absolute Gasteiger partial charge is 0.339 e. The van der Waals surface area contributed by atoms with Crippen molar-refractivity contribution in [2.24, 2.45) is 5.92 Å². The van der Waals surface area contributed by atoms with Crippen LogP contribution in [0.15, 0.2) is 0 Å². The largest absolute Gasteiger partial charge is 0.466 e. The first-order valence-electron chi connectivity index (χ1n) is 8.96. The molecule has 0 rings (SSSR count). The van der Waals surface area contributed by atoms with E-state index < -0.39 is 36.4 Å². The Bertz CT molecular complexity index is 420. The van der Waals surface area contributed by atoms with E-state index in [4.69, 9.17) is 14.2 Å². The van der Waals surface area contributed by atoms with Gasteiger partial charge in [-0.3, -0.25) is 9.59 Å². The average Bonchev–Trinajstić information content (AvgIpc) is 2.53. The standard InChI is InChI=1S/C18H32O7/c1-5-7-9-23-15(19)11-18(22,17(21)24-10-8-6-2)12-16(20)25-13-14(3)4/h14,22H,5-13H2,1-4H3. The summed E-state index contributed by atoms with van der Waals surface area (Å²) in [5.41, 5.74) is -2.27. The minimum Gasteiger partial charge on any atom is -0.466 e. The van der Waals surface area contributed by atoms with Gasteiger partial charge in [-0.1, -0.05) is 40.5 Å². The van der Waals surface area contributed by atoms with E-state index in [1.54, 1.807) is 0 Å². The summed E-state index contributed by atoms with van der Waals surface area (Å²) in [5.74, 6) is -2.40. The minimum absolute atomic E-state index is 0.115. The van der Waals surface area contributed by atoms with Crippen molar-refractivity contribution in [2.45, 2.75) is 71.8 Å². The quantitative estimate of drug-likeness (QED) is 0.306. The number of hydrogen-bond acceptors (Lipinski definition) is 7. The maximum absolute atomic E-state index is 12.2. The van der Waals surface area contributed by atoms with E-state index in [1.807, 2.05) is 27.7 Å². The lowest BCUT2D eigenvalue weighted by Gasteiger charge is -2.24. The van der Waals surface area contributed by atoms with Gasteiger partial charge in [-0.25, -0.2) is 4.79 Å². The third-order valence-corrected chi connectivity index (χ3v) is 3.32. The average molecular weight is 360 g/mol. The number of aliphatic hydroxyl groups is 1. The van der Waals surface area contributed by atoms with Gasteiger partial charge in [0.25, 0.3) is 0 Å². The van der Waals surface area contributed by atoms with Crippen molar-refractivity contribution in [1.82, 2.24) is 0 Å². The maximum atomic E-state index is 12.2. The molecule has 0 bridgehead atoms. The summed E-state index contributed by atoms with van der Waals surface area (Å²) < 4.78 is 15.0. The van der Waals surface area contributed by atoms with E-state index in [2.05, 4.69) is 0 Å². The molecule has 0 aliphatic carbocycles. The van der Waals surface area contributed by atoms with Crippen molar-refractivity contribution in [3.63, 3.8) is 0 Å². The molecule has 0 radical (unpaired) electrons. The van der Waals surface area contributed by atoms with Crippen molar-refractivity contribution in [2.75, 3.05) is 19.8 Å². The Labute approximate surface area is 150 Å². The number of hydrogen-bond donors (Lipinski definition) is 1. The Kier molecular flexibility index (Phi) is 11.9. The van der Waals surface area contributed by atoms with Gasteiger partial charge in [0.1, 0.15) is 0 Å². The summed E-state index contributed by atoms with van der Waals surface area (Å²) in [7, 11) is 0. The van der Waals surface area contributed by atoms with Crippen LogP contribution in [0, 0.1) is 5.92 Å². The van der Waals surface area contributed by atoms with Crippen LogP contribution in [-0.4, -0.2) is 48.4 Å².